The van der Waals surface area contributed by atoms with Crippen LogP contribution in [0.4, 0.5) is 5.69 Å². The Balaban J connectivity index is 0.00000106. The van der Waals surface area contributed by atoms with Crippen LogP contribution in [-0.4, -0.2) is 15.9 Å². The van der Waals surface area contributed by atoms with Gasteiger partial charge in [0.05, 0.1) is 17.1 Å². The van der Waals surface area contributed by atoms with Gasteiger partial charge in [-0.05, 0) is 20.8 Å². The predicted molar refractivity (Wildman–Crippen MR) is 66.5 cm³/mol. The summed E-state index contributed by atoms with van der Waals surface area (Å²) in [5.74, 6) is 0.721. The smallest absolute Gasteiger partial charge is 0.224 e. The lowest BCUT2D eigenvalue weighted by atomic mass is 10.2. The number of aryl methyl sites for hydroxylation is 3. The molecule has 0 aliphatic heterocycles. The number of anilines is 1. The average molecular weight is 223 g/mol. The standard InChI is InChI=1S/C10H15N3O.C2H6/c1-5-9(14)13-10-6(2)11-8(4)12-7(10)3;1-2/h5H2,1-4H3,(H,13,14);1-2H3. The van der Waals surface area contributed by atoms with Gasteiger partial charge in [0.1, 0.15) is 5.82 Å². The molecule has 0 atom stereocenters. The quantitative estimate of drug-likeness (QED) is 0.838. The molecule has 1 heterocycles. The second-order valence-corrected chi connectivity index (χ2v) is 3.22. The van der Waals surface area contributed by atoms with Gasteiger partial charge < -0.3 is 5.32 Å². The van der Waals surface area contributed by atoms with Gasteiger partial charge in [-0.25, -0.2) is 9.97 Å². The third-order valence-corrected chi connectivity index (χ3v) is 1.97. The average Bonchev–Trinajstić information content (AvgIpc) is 2.25. The Hall–Kier alpha value is -1.45. The van der Waals surface area contributed by atoms with E-state index in [1.54, 1.807) is 0 Å². The number of nitrogens with zero attached hydrogens (tertiary/aromatic N) is 2. The molecule has 0 spiro atoms. The normalized spacial score (nSPS) is 9.12. The summed E-state index contributed by atoms with van der Waals surface area (Å²) in [6.45, 7) is 11.4. The fourth-order valence-corrected chi connectivity index (χ4v) is 1.29. The molecule has 0 saturated heterocycles. The maximum absolute atomic E-state index is 11.2. The van der Waals surface area contributed by atoms with E-state index in [4.69, 9.17) is 0 Å². The van der Waals surface area contributed by atoms with Crippen LogP contribution in [0.2, 0.25) is 0 Å². The Morgan fingerprint density at radius 2 is 1.56 bits per heavy atom. The van der Waals surface area contributed by atoms with Gasteiger partial charge in [0.2, 0.25) is 5.91 Å². The zero-order valence-electron chi connectivity index (χ0n) is 11.0. The van der Waals surface area contributed by atoms with E-state index < -0.39 is 0 Å². The SMILES string of the molecule is CC.CCC(=O)Nc1c(C)nc(C)nc1C. The Morgan fingerprint density at radius 3 is 1.94 bits per heavy atom. The van der Waals surface area contributed by atoms with Gasteiger partial charge in [-0.2, -0.15) is 0 Å². The van der Waals surface area contributed by atoms with Crippen molar-refractivity contribution in [3.8, 4) is 0 Å². The molecule has 16 heavy (non-hydrogen) atoms. The third-order valence-electron chi connectivity index (χ3n) is 1.97. The molecular formula is C12H21N3O. The third kappa shape index (κ3) is 3.96. The molecule has 90 valence electrons. The lowest BCUT2D eigenvalue weighted by molar-refractivity contribution is -0.115. The maximum atomic E-state index is 11.2. The van der Waals surface area contributed by atoms with E-state index in [0.29, 0.717) is 6.42 Å². The van der Waals surface area contributed by atoms with Crippen molar-refractivity contribution in [2.75, 3.05) is 5.32 Å². The second-order valence-electron chi connectivity index (χ2n) is 3.22. The zero-order valence-corrected chi connectivity index (χ0v) is 11.0. The van der Waals surface area contributed by atoms with Gasteiger partial charge in [-0.1, -0.05) is 20.8 Å². The highest BCUT2D eigenvalue weighted by Crippen LogP contribution is 2.16. The number of amides is 1. The summed E-state index contributed by atoms with van der Waals surface area (Å²) in [5, 5.41) is 2.79. The van der Waals surface area contributed by atoms with Gasteiger partial charge in [0, 0.05) is 6.42 Å². The van der Waals surface area contributed by atoms with Gasteiger partial charge in [-0.15, -0.1) is 0 Å². The molecule has 0 aromatic carbocycles. The predicted octanol–water partition coefficient (Wildman–Crippen LogP) is 2.78. The molecule has 1 aromatic heterocycles. The lowest BCUT2D eigenvalue weighted by Crippen LogP contribution is -2.13. The van der Waals surface area contributed by atoms with Crippen molar-refractivity contribution in [1.82, 2.24) is 9.97 Å². The van der Waals surface area contributed by atoms with E-state index >= 15 is 0 Å². The molecule has 0 unspecified atom stereocenters. The van der Waals surface area contributed by atoms with Crippen LogP contribution in [0, 0.1) is 20.8 Å². The minimum atomic E-state index is -0.0105. The van der Waals surface area contributed by atoms with Crippen LogP contribution in [-0.2, 0) is 4.79 Å². The topological polar surface area (TPSA) is 54.9 Å². The highest BCUT2D eigenvalue weighted by Gasteiger charge is 2.08. The molecule has 0 aliphatic carbocycles. The highest BCUT2D eigenvalue weighted by atomic mass is 16.1. The Kier molecular flexibility index (Phi) is 6.30. The number of hydrogen-bond donors (Lipinski definition) is 1. The Bertz CT molecular complexity index is 338. The van der Waals surface area contributed by atoms with Crippen LogP contribution in [0.1, 0.15) is 44.4 Å². The van der Waals surface area contributed by atoms with Crippen molar-refractivity contribution < 1.29 is 4.79 Å². The van der Waals surface area contributed by atoms with Gasteiger partial charge >= 0.3 is 0 Å². The molecule has 0 aliphatic rings. The van der Waals surface area contributed by atoms with Crippen molar-refractivity contribution in [3.63, 3.8) is 0 Å². The fourth-order valence-electron chi connectivity index (χ4n) is 1.29. The van der Waals surface area contributed by atoms with Crippen LogP contribution in [0.15, 0.2) is 0 Å². The molecule has 1 N–H and O–H groups in total. The summed E-state index contributed by atoms with van der Waals surface area (Å²) in [7, 11) is 0. The second kappa shape index (κ2) is 6.93. The molecule has 0 bridgehead atoms. The summed E-state index contributed by atoms with van der Waals surface area (Å²) in [6, 6.07) is 0. The first kappa shape index (κ1) is 14.6. The van der Waals surface area contributed by atoms with Crippen molar-refractivity contribution >= 4 is 11.6 Å². The molecule has 1 rings (SSSR count). The van der Waals surface area contributed by atoms with Crippen LogP contribution in [0.25, 0.3) is 0 Å². The summed E-state index contributed by atoms with van der Waals surface area (Å²) in [4.78, 5) is 19.6. The van der Waals surface area contributed by atoms with Gasteiger partial charge in [0.25, 0.3) is 0 Å². The van der Waals surface area contributed by atoms with E-state index in [0.717, 1.165) is 22.9 Å². The molecule has 4 nitrogen and oxygen atoms in total. The molecule has 0 fully saturated rings. The Morgan fingerprint density at radius 1 is 1.12 bits per heavy atom. The van der Waals surface area contributed by atoms with Crippen molar-refractivity contribution in [2.24, 2.45) is 0 Å². The van der Waals surface area contributed by atoms with Crippen LogP contribution in [0.3, 0.4) is 0 Å². The fraction of sp³-hybridized carbons (Fsp3) is 0.583. The monoisotopic (exact) mass is 223 g/mol. The number of carbonyl (C=O) groups excluding carboxylic acids is 1. The van der Waals surface area contributed by atoms with Gasteiger partial charge in [-0.3, -0.25) is 4.79 Å². The first-order valence-electron chi connectivity index (χ1n) is 5.66. The van der Waals surface area contributed by atoms with Crippen LogP contribution >= 0.6 is 0 Å². The van der Waals surface area contributed by atoms with E-state index in [1.807, 2.05) is 41.5 Å². The summed E-state index contributed by atoms with van der Waals surface area (Å²) >= 11 is 0. The minimum absolute atomic E-state index is 0.0105. The highest BCUT2D eigenvalue weighted by molar-refractivity contribution is 5.91. The molecule has 4 heteroatoms. The summed E-state index contributed by atoms with van der Waals surface area (Å²) < 4.78 is 0. The minimum Gasteiger partial charge on any atom is -0.323 e. The van der Waals surface area contributed by atoms with Gasteiger partial charge in [0.15, 0.2) is 0 Å². The van der Waals surface area contributed by atoms with E-state index in [-0.39, 0.29) is 5.91 Å². The van der Waals surface area contributed by atoms with E-state index in [1.165, 1.54) is 0 Å². The molecule has 0 radical (unpaired) electrons. The Labute approximate surface area is 97.5 Å². The van der Waals surface area contributed by atoms with Crippen LogP contribution < -0.4 is 5.32 Å². The number of aromatic nitrogens is 2. The zero-order chi connectivity index (χ0) is 12.7. The molecule has 1 amide bonds. The number of nitrogens with one attached hydrogen (secondary N) is 1. The lowest BCUT2D eigenvalue weighted by Gasteiger charge is -2.09. The number of carbonyl (C=O) groups is 1. The number of hydrogen-bond acceptors (Lipinski definition) is 3. The summed E-state index contributed by atoms with van der Waals surface area (Å²) in [6.07, 6.45) is 0.465. The van der Waals surface area contributed by atoms with E-state index in [2.05, 4.69) is 15.3 Å². The molecular weight excluding hydrogens is 202 g/mol. The first-order chi connectivity index (χ1) is 7.54. The number of rotatable bonds is 2. The molecule has 0 saturated carbocycles. The molecule has 1 aromatic rings. The maximum Gasteiger partial charge on any atom is 0.224 e. The van der Waals surface area contributed by atoms with Crippen molar-refractivity contribution in [2.45, 2.75) is 48.0 Å². The van der Waals surface area contributed by atoms with E-state index in [9.17, 15) is 4.79 Å². The largest absolute Gasteiger partial charge is 0.323 e. The van der Waals surface area contributed by atoms with Crippen molar-refractivity contribution in [1.29, 1.82) is 0 Å². The van der Waals surface area contributed by atoms with Crippen LogP contribution in [0.5, 0.6) is 0 Å². The summed E-state index contributed by atoms with van der Waals surface area (Å²) in [5.41, 5.74) is 2.37. The van der Waals surface area contributed by atoms with Crippen molar-refractivity contribution in [3.05, 3.63) is 17.2 Å². The first-order valence-corrected chi connectivity index (χ1v) is 5.66.